The van der Waals surface area contributed by atoms with E-state index in [4.69, 9.17) is 0 Å². The molecule has 0 spiro atoms. The van der Waals surface area contributed by atoms with Gasteiger partial charge in [0, 0.05) is 31.0 Å². The number of hydrogen-bond donors (Lipinski definition) is 2. The first kappa shape index (κ1) is 25.3. The number of carbonyl (C=O) groups excluding carboxylic acids is 2. The monoisotopic (exact) mass is 479 g/mol. The fourth-order valence-corrected chi connectivity index (χ4v) is 3.82. The predicted molar refractivity (Wildman–Crippen MR) is 120 cm³/mol. The van der Waals surface area contributed by atoms with E-state index in [1.165, 1.54) is 24.5 Å². The Morgan fingerprint density at radius 3 is 2.24 bits per heavy atom. The van der Waals surface area contributed by atoms with Gasteiger partial charge in [-0.25, -0.2) is 0 Å². The van der Waals surface area contributed by atoms with Gasteiger partial charge < -0.3 is 19.9 Å². The van der Waals surface area contributed by atoms with Gasteiger partial charge in [0.1, 0.15) is 16.9 Å². The highest BCUT2D eigenvalue weighted by atomic mass is 19.4. The van der Waals surface area contributed by atoms with Crippen LogP contribution in [-0.2, 0) is 6.54 Å². The van der Waals surface area contributed by atoms with Crippen LogP contribution in [0.15, 0.2) is 41.5 Å². The van der Waals surface area contributed by atoms with E-state index < -0.39 is 23.6 Å². The summed E-state index contributed by atoms with van der Waals surface area (Å²) in [5, 5.41) is 5.39. The first-order chi connectivity index (χ1) is 16.1. The third-order valence-electron chi connectivity index (χ3n) is 5.88. The van der Waals surface area contributed by atoms with Gasteiger partial charge in [0.25, 0.3) is 11.8 Å². The second-order valence-corrected chi connectivity index (χ2v) is 8.46. The quantitative estimate of drug-likeness (QED) is 0.590. The van der Waals surface area contributed by atoms with Crippen molar-refractivity contribution < 1.29 is 27.5 Å². The number of amides is 2. The molecule has 2 amide bonds. The van der Waals surface area contributed by atoms with Crippen molar-refractivity contribution in [3.63, 3.8) is 0 Å². The minimum Gasteiger partial charge on any atom is -0.406 e. The molecule has 0 unspecified atom stereocenters. The van der Waals surface area contributed by atoms with Crippen LogP contribution in [0.25, 0.3) is 0 Å². The number of halogens is 3. The molecule has 0 bridgehead atoms. The van der Waals surface area contributed by atoms with Crippen LogP contribution < -0.4 is 20.8 Å². The highest BCUT2D eigenvalue weighted by Crippen LogP contribution is 2.29. The van der Waals surface area contributed by atoms with Gasteiger partial charge in [0.05, 0.1) is 0 Å². The molecule has 3 rings (SSSR count). The third kappa shape index (κ3) is 6.61. The summed E-state index contributed by atoms with van der Waals surface area (Å²) in [5.74, 6) is -1.56. The Bertz CT molecular complexity index is 1070. The van der Waals surface area contributed by atoms with E-state index in [-0.39, 0.29) is 35.5 Å². The summed E-state index contributed by atoms with van der Waals surface area (Å²) < 4.78 is 42.5. The molecule has 10 heteroatoms. The van der Waals surface area contributed by atoms with E-state index in [9.17, 15) is 27.6 Å². The van der Waals surface area contributed by atoms with E-state index in [1.807, 2.05) is 13.8 Å². The Morgan fingerprint density at radius 1 is 1.09 bits per heavy atom. The normalized spacial score (nSPS) is 15.1. The van der Waals surface area contributed by atoms with Crippen LogP contribution in [0.5, 0.6) is 5.75 Å². The largest absolute Gasteiger partial charge is 0.573 e. The summed E-state index contributed by atoms with van der Waals surface area (Å²) in [7, 11) is 0. The van der Waals surface area contributed by atoms with Crippen LogP contribution in [0.4, 0.5) is 13.2 Å². The van der Waals surface area contributed by atoms with E-state index in [2.05, 4.69) is 15.4 Å². The maximum Gasteiger partial charge on any atom is 0.573 e. The summed E-state index contributed by atoms with van der Waals surface area (Å²) in [6.07, 6.45) is 2.74. The molecular weight excluding hydrogens is 451 g/mol. The van der Waals surface area contributed by atoms with Gasteiger partial charge >= 0.3 is 6.36 Å². The Morgan fingerprint density at radius 2 is 1.68 bits per heavy atom. The lowest BCUT2D eigenvalue weighted by atomic mass is 10.1. The van der Waals surface area contributed by atoms with Gasteiger partial charge in [-0.2, -0.15) is 0 Å². The number of aromatic nitrogens is 1. The summed E-state index contributed by atoms with van der Waals surface area (Å²) >= 11 is 0. The molecule has 1 saturated carbocycles. The van der Waals surface area contributed by atoms with Crippen LogP contribution in [-0.4, -0.2) is 28.8 Å². The van der Waals surface area contributed by atoms with E-state index >= 15 is 0 Å². The SMILES string of the molecule is CC[C@@H](C)NC(=O)c1cn(C2CCCC2)cc(C(=O)NCc2ccc(OC(F)(F)F)cc2)c1=O. The Balaban J connectivity index is 1.80. The molecule has 2 aromatic rings. The van der Waals surface area contributed by atoms with Gasteiger partial charge in [-0.15, -0.1) is 13.2 Å². The standard InChI is InChI=1S/C24H28F3N3O4/c1-3-15(2)29-23(33)20-14-30(17-6-4-5-7-17)13-19(21(20)31)22(32)28-12-16-8-10-18(11-9-16)34-24(25,26)27/h8-11,13-15,17H,3-7,12H2,1-2H3,(H,28,32)(H,29,33)/t15-/m1/s1. The van der Waals surface area contributed by atoms with Crippen LogP contribution in [0, 0.1) is 0 Å². The minimum atomic E-state index is -4.79. The van der Waals surface area contributed by atoms with Crippen LogP contribution in [0.1, 0.15) is 78.3 Å². The number of alkyl halides is 3. The smallest absolute Gasteiger partial charge is 0.406 e. The van der Waals surface area contributed by atoms with Gasteiger partial charge in [0.15, 0.2) is 0 Å². The number of ether oxygens (including phenoxy) is 1. The van der Waals surface area contributed by atoms with Crippen molar-refractivity contribution in [3.05, 3.63) is 63.6 Å². The first-order valence-electron chi connectivity index (χ1n) is 11.3. The molecule has 0 aliphatic heterocycles. The summed E-state index contributed by atoms with van der Waals surface area (Å²) in [5.41, 5.74) is -0.389. The van der Waals surface area contributed by atoms with Crippen LogP contribution in [0.2, 0.25) is 0 Å². The lowest BCUT2D eigenvalue weighted by Gasteiger charge is -2.18. The van der Waals surface area contributed by atoms with Gasteiger partial charge in [0.2, 0.25) is 5.43 Å². The summed E-state index contributed by atoms with van der Waals surface area (Å²) in [6, 6.07) is 5.02. The molecule has 1 aliphatic rings. The van der Waals surface area contributed by atoms with Crippen LogP contribution >= 0.6 is 0 Å². The van der Waals surface area contributed by atoms with Crippen molar-refractivity contribution in [2.45, 2.75) is 70.9 Å². The van der Waals surface area contributed by atoms with Crippen molar-refractivity contribution in [1.29, 1.82) is 0 Å². The third-order valence-corrected chi connectivity index (χ3v) is 5.88. The number of benzene rings is 1. The highest BCUT2D eigenvalue weighted by molar-refractivity contribution is 5.99. The lowest BCUT2D eigenvalue weighted by Crippen LogP contribution is -2.38. The molecule has 1 heterocycles. The minimum absolute atomic E-state index is 0.0166. The zero-order valence-corrected chi connectivity index (χ0v) is 19.1. The summed E-state index contributed by atoms with van der Waals surface area (Å²) in [4.78, 5) is 38.6. The highest BCUT2D eigenvalue weighted by Gasteiger charge is 2.31. The number of nitrogens with one attached hydrogen (secondary N) is 2. The second kappa shape index (κ2) is 10.8. The van der Waals surface area contributed by atoms with Crippen LogP contribution in [0.3, 0.4) is 0 Å². The average molecular weight is 479 g/mol. The first-order valence-corrected chi connectivity index (χ1v) is 11.3. The molecule has 0 radical (unpaired) electrons. The topological polar surface area (TPSA) is 89.4 Å². The Labute approximate surface area is 195 Å². The molecule has 1 aromatic carbocycles. The molecular formula is C24H28F3N3O4. The Hall–Kier alpha value is -3.30. The fourth-order valence-electron chi connectivity index (χ4n) is 3.82. The molecule has 7 nitrogen and oxygen atoms in total. The van der Waals surface area contributed by atoms with E-state index in [0.29, 0.717) is 12.0 Å². The van der Waals surface area contributed by atoms with Crippen molar-refractivity contribution in [1.82, 2.24) is 15.2 Å². The molecule has 1 aromatic heterocycles. The van der Waals surface area contributed by atoms with E-state index in [1.54, 1.807) is 4.57 Å². The van der Waals surface area contributed by atoms with Crippen molar-refractivity contribution >= 4 is 11.8 Å². The second-order valence-electron chi connectivity index (χ2n) is 8.46. The zero-order valence-electron chi connectivity index (χ0n) is 19.1. The summed E-state index contributed by atoms with van der Waals surface area (Å²) in [6.45, 7) is 3.72. The van der Waals surface area contributed by atoms with Gasteiger partial charge in [-0.1, -0.05) is 31.9 Å². The molecule has 1 fully saturated rings. The average Bonchev–Trinajstić information content (AvgIpc) is 3.32. The maximum atomic E-state index is 13.0. The van der Waals surface area contributed by atoms with Gasteiger partial charge in [-0.3, -0.25) is 14.4 Å². The fraction of sp³-hybridized carbons (Fsp3) is 0.458. The number of pyridine rings is 1. The molecule has 184 valence electrons. The zero-order chi connectivity index (χ0) is 24.9. The van der Waals surface area contributed by atoms with Crippen molar-refractivity contribution in [3.8, 4) is 5.75 Å². The molecule has 2 N–H and O–H groups in total. The maximum absolute atomic E-state index is 13.0. The van der Waals surface area contributed by atoms with E-state index in [0.717, 1.165) is 37.8 Å². The van der Waals surface area contributed by atoms with Gasteiger partial charge in [-0.05, 0) is 43.9 Å². The number of hydrogen-bond acceptors (Lipinski definition) is 4. The predicted octanol–water partition coefficient (Wildman–Crippen LogP) is 4.32. The molecule has 0 saturated heterocycles. The molecule has 1 atom stereocenters. The lowest BCUT2D eigenvalue weighted by molar-refractivity contribution is -0.274. The van der Waals surface area contributed by atoms with Crippen molar-refractivity contribution in [2.24, 2.45) is 0 Å². The molecule has 1 aliphatic carbocycles. The van der Waals surface area contributed by atoms with Crippen molar-refractivity contribution in [2.75, 3.05) is 0 Å². The number of rotatable bonds is 8. The molecule has 34 heavy (non-hydrogen) atoms. The Kier molecular flexibility index (Phi) is 8.01. The number of nitrogens with zero attached hydrogens (tertiary/aromatic N) is 1. The number of carbonyl (C=O) groups is 2.